The molecule has 2 amide bonds. The summed E-state index contributed by atoms with van der Waals surface area (Å²) in [7, 11) is 0. The Kier molecular flexibility index (Phi) is 4.53. The van der Waals surface area contributed by atoms with Crippen molar-refractivity contribution in [1.82, 2.24) is 14.8 Å². The van der Waals surface area contributed by atoms with Gasteiger partial charge >= 0.3 is 0 Å². The van der Waals surface area contributed by atoms with Gasteiger partial charge in [0, 0.05) is 30.1 Å². The molecule has 0 bridgehead atoms. The van der Waals surface area contributed by atoms with E-state index >= 15 is 0 Å². The van der Waals surface area contributed by atoms with Crippen molar-refractivity contribution < 1.29 is 9.59 Å². The second kappa shape index (κ2) is 7.11. The minimum absolute atomic E-state index is 0.0823. The lowest BCUT2D eigenvalue weighted by Gasteiger charge is -2.47. The number of hydrogen-bond donors (Lipinski definition) is 0. The monoisotopic (exact) mass is 437 g/mol. The first-order chi connectivity index (χ1) is 14.5. The van der Waals surface area contributed by atoms with Crippen LogP contribution < -0.4 is 0 Å². The van der Waals surface area contributed by atoms with Crippen LogP contribution in [0, 0.1) is 0 Å². The van der Waals surface area contributed by atoms with Crippen LogP contribution in [0.2, 0.25) is 10.2 Å². The van der Waals surface area contributed by atoms with E-state index in [-0.39, 0.29) is 22.7 Å². The summed E-state index contributed by atoms with van der Waals surface area (Å²) in [5.41, 5.74) is 1.73. The third-order valence-corrected chi connectivity index (χ3v) is 6.32. The summed E-state index contributed by atoms with van der Waals surface area (Å²) in [6.45, 7) is 0.831. The van der Waals surface area contributed by atoms with Gasteiger partial charge in [0.25, 0.3) is 11.8 Å². The first-order valence-electron chi connectivity index (χ1n) is 9.61. The second-order valence-electron chi connectivity index (χ2n) is 7.42. The van der Waals surface area contributed by atoms with Crippen molar-refractivity contribution >= 4 is 35.0 Å². The molecule has 0 aliphatic carbocycles. The Bertz CT molecular complexity index is 1170. The van der Waals surface area contributed by atoms with Crippen LogP contribution in [0.3, 0.4) is 0 Å². The van der Waals surface area contributed by atoms with Crippen LogP contribution in [-0.4, -0.2) is 39.7 Å². The van der Waals surface area contributed by atoms with E-state index < -0.39 is 5.66 Å². The van der Waals surface area contributed by atoms with Crippen molar-refractivity contribution in [3.05, 3.63) is 99.3 Å². The summed E-state index contributed by atoms with van der Waals surface area (Å²) < 4.78 is 0. The fraction of sp³-hybridized carbons (Fsp3) is 0.174. The molecule has 0 N–H and O–H groups in total. The van der Waals surface area contributed by atoms with E-state index in [1.807, 2.05) is 36.4 Å². The average molecular weight is 438 g/mol. The van der Waals surface area contributed by atoms with Crippen molar-refractivity contribution in [3.8, 4) is 0 Å². The Balaban J connectivity index is 1.70. The topological polar surface area (TPSA) is 53.5 Å². The Morgan fingerprint density at radius 2 is 1.70 bits per heavy atom. The fourth-order valence-corrected chi connectivity index (χ4v) is 4.83. The van der Waals surface area contributed by atoms with E-state index in [2.05, 4.69) is 4.98 Å². The average Bonchev–Trinajstić information content (AvgIpc) is 3.14. The van der Waals surface area contributed by atoms with E-state index in [1.54, 1.807) is 40.1 Å². The van der Waals surface area contributed by atoms with Gasteiger partial charge in [-0.1, -0.05) is 59.6 Å². The first-order valence-corrected chi connectivity index (χ1v) is 10.4. The number of rotatable bonds is 2. The van der Waals surface area contributed by atoms with E-state index in [0.29, 0.717) is 30.1 Å². The van der Waals surface area contributed by atoms with Gasteiger partial charge in [-0.25, -0.2) is 4.98 Å². The molecule has 5 rings (SSSR count). The Morgan fingerprint density at radius 1 is 0.933 bits per heavy atom. The number of fused-ring (bicyclic) bond motifs is 2. The zero-order valence-electron chi connectivity index (χ0n) is 15.9. The van der Waals surface area contributed by atoms with Gasteiger partial charge in [0.1, 0.15) is 16.5 Å². The predicted molar refractivity (Wildman–Crippen MR) is 115 cm³/mol. The number of hydrogen-bond acceptors (Lipinski definition) is 3. The molecule has 0 spiro atoms. The van der Waals surface area contributed by atoms with Gasteiger partial charge in [0.15, 0.2) is 0 Å². The van der Waals surface area contributed by atoms with Gasteiger partial charge in [-0.3, -0.25) is 9.59 Å². The van der Waals surface area contributed by atoms with Gasteiger partial charge in [-0.2, -0.15) is 0 Å². The summed E-state index contributed by atoms with van der Waals surface area (Å²) in [6.07, 6.45) is 0.489. The van der Waals surface area contributed by atoms with Crippen molar-refractivity contribution in [3.63, 3.8) is 0 Å². The summed E-state index contributed by atoms with van der Waals surface area (Å²) in [5.74, 6) is -0.344. The molecule has 3 aromatic rings. The highest BCUT2D eigenvalue weighted by molar-refractivity contribution is 6.30. The number of carbonyl (C=O) groups is 2. The molecule has 2 aliphatic rings. The molecular formula is C23H17Cl2N3O2. The fourth-order valence-electron chi connectivity index (χ4n) is 4.54. The summed E-state index contributed by atoms with van der Waals surface area (Å²) >= 11 is 12.2. The smallest absolute Gasteiger partial charge is 0.274 e. The molecule has 7 heteroatoms. The number of aromatic nitrogens is 1. The number of nitrogens with zero attached hydrogens (tertiary/aromatic N) is 3. The lowest BCUT2D eigenvalue weighted by Crippen LogP contribution is -2.58. The van der Waals surface area contributed by atoms with Crippen LogP contribution in [0.1, 0.15) is 32.0 Å². The van der Waals surface area contributed by atoms with Crippen molar-refractivity contribution in [2.45, 2.75) is 12.1 Å². The van der Waals surface area contributed by atoms with Crippen LogP contribution in [-0.2, 0) is 12.1 Å². The minimum atomic E-state index is -0.947. The zero-order chi connectivity index (χ0) is 20.9. The van der Waals surface area contributed by atoms with Crippen LogP contribution in [0.4, 0.5) is 0 Å². The normalized spacial score (nSPS) is 20.1. The van der Waals surface area contributed by atoms with Gasteiger partial charge in [-0.05, 0) is 41.5 Å². The van der Waals surface area contributed by atoms with Gasteiger partial charge in [-0.15, -0.1) is 0 Å². The SMILES string of the molecule is O=C(c1cccc(Cl)n1)N1CCN2C(=O)c3ccccc3CC12c1ccc(Cl)cc1. The molecule has 2 aromatic carbocycles. The molecule has 1 unspecified atom stereocenters. The van der Waals surface area contributed by atoms with Crippen molar-refractivity contribution in [1.29, 1.82) is 0 Å². The third kappa shape index (κ3) is 2.81. The Labute approximate surface area is 183 Å². The summed E-state index contributed by atoms with van der Waals surface area (Å²) in [4.78, 5) is 34.7. The largest absolute Gasteiger partial charge is 0.309 e. The number of carbonyl (C=O) groups excluding carboxylic acids is 2. The molecule has 1 fully saturated rings. The Hall–Kier alpha value is -2.89. The number of halogens is 2. The highest BCUT2D eigenvalue weighted by Gasteiger charge is 2.55. The summed E-state index contributed by atoms with van der Waals surface area (Å²) in [5, 5.41) is 0.846. The Morgan fingerprint density at radius 3 is 2.47 bits per heavy atom. The highest BCUT2D eigenvalue weighted by atomic mass is 35.5. The molecular weight excluding hydrogens is 421 g/mol. The molecule has 0 saturated carbocycles. The second-order valence-corrected chi connectivity index (χ2v) is 8.24. The summed E-state index contributed by atoms with van der Waals surface area (Å²) in [6, 6.07) is 19.9. The predicted octanol–water partition coefficient (Wildman–Crippen LogP) is 4.40. The van der Waals surface area contributed by atoms with Crippen molar-refractivity contribution in [2.24, 2.45) is 0 Å². The molecule has 5 nitrogen and oxygen atoms in total. The quantitative estimate of drug-likeness (QED) is 0.558. The molecule has 3 heterocycles. The van der Waals surface area contributed by atoms with Crippen LogP contribution in [0.25, 0.3) is 0 Å². The number of amides is 2. The maximum Gasteiger partial charge on any atom is 0.274 e. The number of benzene rings is 2. The lowest BCUT2D eigenvalue weighted by atomic mass is 9.83. The minimum Gasteiger partial charge on any atom is -0.309 e. The molecule has 1 atom stereocenters. The van der Waals surface area contributed by atoms with Crippen LogP contribution >= 0.6 is 23.2 Å². The zero-order valence-corrected chi connectivity index (χ0v) is 17.4. The molecule has 30 heavy (non-hydrogen) atoms. The third-order valence-electron chi connectivity index (χ3n) is 5.86. The maximum atomic E-state index is 13.6. The molecule has 150 valence electrons. The molecule has 1 saturated heterocycles. The van der Waals surface area contributed by atoms with Gasteiger partial charge < -0.3 is 9.80 Å². The van der Waals surface area contributed by atoms with Gasteiger partial charge in [0.05, 0.1) is 0 Å². The standard InChI is InChI=1S/C23H17Cl2N3O2/c24-17-10-8-16(9-11-17)23-14-15-4-1-2-5-18(15)21(29)27(23)12-13-28(23)22(30)19-6-3-7-20(25)26-19/h1-11H,12-14H2. The van der Waals surface area contributed by atoms with E-state index in [1.165, 1.54) is 0 Å². The molecule has 2 aliphatic heterocycles. The highest BCUT2D eigenvalue weighted by Crippen LogP contribution is 2.45. The van der Waals surface area contributed by atoms with E-state index in [9.17, 15) is 9.59 Å². The molecule has 0 radical (unpaired) electrons. The van der Waals surface area contributed by atoms with E-state index in [4.69, 9.17) is 23.2 Å². The van der Waals surface area contributed by atoms with Crippen LogP contribution in [0.15, 0.2) is 66.7 Å². The lowest BCUT2D eigenvalue weighted by molar-refractivity contribution is 0.00743. The van der Waals surface area contributed by atoms with Crippen LogP contribution in [0.5, 0.6) is 0 Å². The number of pyridine rings is 1. The first kappa shape index (κ1) is 19.1. The van der Waals surface area contributed by atoms with E-state index in [0.717, 1.165) is 11.1 Å². The van der Waals surface area contributed by atoms with Gasteiger partial charge in [0.2, 0.25) is 0 Å². The molecule has 1 aromatic heterocycles. The van der Waals surface area contributed by atoms with Crippen molar-refractivity contribution in [2.75, 3.05) is 13.1 Å². The maximum absolute atomic E-state index is 13.6.